The Kier molecular flexibility index (Phi) is 5.63. The molecule has 1 aliphatic rings. The molecule has 1 aromatic heterocycles. The number of nitriles is 1. The largest absolute Gasteiger partial charge is 0.486 e. The molecule has 0 radical (unpaired) electrons. The molecule has 2 heterocycles. The van der Waals surface area contributed by atoms with Crippen molar-refractivity contribution in [2.24, 2.45) is 0 Å². The second-order valence-corrected chi connectivity index (χ2v) is 7.34. The number of thiophene rings is 1. The van der Waals surface area contributed by atoms with Gasteiger partial charge < -0.3 is 19.1 Å². The molecule has 0 N–H and O–H groups in total. The van der Waals surface area contributed by atoms with E-state index < -0.39 is 0 Å². The van der Waals surface area contributed by atoms with Crippen molar-refractivity contribution in [2.45, 2.75) is 6.54 Å². The second kappa shape index (κ2) is 8.67. The molecule has 146 valence electrons. The van der Waals surface area contributed by atoms with Gasteiger partial charge in [-0.3, -0.25) is 4.79 Å². The maximum atomic E-state index is 13.0. The third kappa shape index (κ3) is 4.50. The fourth-order valence-electron chi connectivity index (χ4n) is 2.93. The molecular formula is C22H18N2O4S. The molecule has 0 aliphatic carbocycles. The molecule has 0 unspecified atom stereocenters. The summed E-state index contributed by atoms with van der Waals surface area (Å²) in [7, 11) is 0. The summed E-state index contributed by atoms with van der Waals surface area (Å²) < 4.78 is 16.9. The van der Waals surface area contributed by atoms with Gasteiger partial charge in [0.05, 0.1) is 18.2 Å². The Morgan fingerprint density at radius 3 is 2.62 bits per heavy atom. The summed E-state index contributed by atoms with van der Waals surface area (Å²) in [5.74, 6) is 1.66. The van der Waals surface area contributed by atoms with Crippen molar-refractivity contribution in [1.82, 2.24) is 0 Å². The summed E-state index contributed by atoms with van der Waals surface area (Å²) in [5.41, 5.74) is 1.26. The maximum absolute atomic E-state index is 13.0. The number of hydrogen-bond acceptors (Lipinski definition) is 6. The van der Waals surface area contributed by atoms with Crippen LogP contribution in [0.25, 0.3) is 0 Å². The van der Waals surface area contributed by atoms with Crippen LogP contribution in [0.15, 0.2) is 60.0 Å². The van der Waals surface area contributed by atoms with Gasteiger partial charge in [-0.05, 0) is 47.8 Å². The molecule has 29 heavy (non-hydrogen) atoms. The van der Waals surface area contributed by atoms with E-state index in [1.54, 1.807) is 40.5 Å². The zero-order valence-electron chi connectivity index (χ0n) is 15.5. The normalized spacial score (nSPS) is 12.1. The van der Waals surface area contributed by atoms with Crippen LogP contribution in [0, 0.1) is 11.3 Å². The molecule has 0 saturated heterocycles. The van der Waals surface area contributed by atoms with Gasteiger partial charge in [-0.25, -0.2) is 0 Å². The highest BCUT2D eigenvalue weighted by atomic mass is 32.1. The molecule has 1 amide bonds. The van der Waals surface area contributed by atoms with Gasteiger partial charge in [-0.2, -0.15) is 5.26 Å². The third-order valence-corrected chi connectivity index (χ3v) is 5.24. The highest BCUT2D eigenvalue weighted by Gasteiger charge is 2.21. The van der Waals surface area contributed by atoms with Crippen LogP contribution >= 0.6 is 11.3 Å². The van der Waals surface area contributed by atoms with E-state index in [2.05, 4.69) is 6.07 Å². The molecule has 0 saturated carbocycles. The lowest BCUT2D eigenvalue weighted by Crippen LogP contribution is -2.34. The predicted octanol–water partition coefficient (Wildman–Crippen LogP) is 4.00. The molecular weight excluding hydrogens is 388 g/mol. The van der Waals surface area contributed by atoms with E-state index in [0.29, 0.717) is 42.6 Å². The number of benzene rings is 2. The Morgan fingerprint density at radius 2 is 1.90 bits per heavy atom. The van der Waals surface area contributed by atoms with Crippen molar-refractivity contribution in [3.05, 3.63) is 70.4 Å². The first-order valence-corrected chi connectivity index (χ1v) is 9.96. The minimum absolute atomic E-state index is 0.119. The van der Waals surface area contributed by atoms with Crippen LogP contribution in [-0.2, 0) is 11.3 Å². The van der Waals surface area contributed by atoms with Crippen LogP contribution in [0.3, 0.4) is 0 Å². The van der Waals surface area contributed by atoms with Gasteiger partial charge in [0.25, 0.3) is 5.91 Å². The van der Waals surface area contributed by atoms with Crippen LogP contribution in [0.5, 0.6) is 17.2 Å². The quantitative estimate of drug-likeness (QED) is 0.619. The minimum Gasteiger partial charge on any atom is -0.486 e. The lowest BCUT2D eigenvalue weighted by atomic mass is 10.2. The van der Waals surface area contributed by atoms with E-state index in [9.17, 15) is 4.79 Å². The number of rotatable bonds is 6. The summed E-state index contributed by atoms with van der Waals surface area (Å²) in [6, 6.07) is 18.2. The first-order chi connectivity index (χ1) is 14.2. The summed E-state index contributed by atoms with van der Waals surface area (Å²) in [6.07, 6.45) is 0. The smallest absolute Gasteiger partial charge is 0.265 e. The lowest BCUT2D eigenvalue weighted by Gasteiger charge is -2.25. The average Bonchev–Trinajstić information content (AvgIpc) is 3.29. The highest BCUT2D eigenvalue weighted by molar-refractivity contribution is 7.09. The number of anilines is 1. The van der Waals surface area contributed by atoms with E-state index >= 15 is 0 Å². The zero-order chi connectivity index (χ0) is 20.1. The fraction of sp³-hybridized carbons (Fsp3) is 0.182. The Balaban J connectivity index is 1.53. The van der Waals surface area contributed by atoms with E-state index in [-0.39, 0.29) is 12.5 Å². The van der Waals surface area contributed by atoms with Crippen LogP contribution in [-0.4, -0.2) is 25.7 Å². The van der Waals surface area contributed by atoms with Crippen molar-refractivity contribution < 1.29 is 19.0 Å². The molecule has 2 aromatic carbocycles. The number of ether oxygens (including phenoxy) is 3. The molecule has 6 nitrogen and oxygen atoms in total. The average molecular weight is 406 g/mol. The summed E-state index contributed by atoms with van der Waals surface area (Å²) in [6.45, 7) is 1.32. The fourth-order valence-corrected chi connectivity index (χ4v) is 3.62. The van der Waals surface area contributed by atoms with E-state index in [1.165, 1.54) is 0 Å². The van der Waals surface area contributed by atoms with Crippen molar-refractivity contribution in [1.29, 1.82) is 5.26 Å². The molecule has 0 atom stereocenters. The molecule has 7 heteroatoms. The first kappa shape index (κ1) is 18.8. The third-order valence-electron chi connectivity index (χ3n) is 4.38. The summed E-state index contributed by atoms with van der Waals surface area (Å²) in [5, 5.41) is 10.9. The van der Waals surface area contributed by atoms with Gasteiger partial charge in [0.2, 0.25) is 0 Å². The Hall–Kier alpha value is -3.50. The summed E-state index contributed by atoms with van der Waals surface area (Å²) in [4.78, 5) is 15.8. The highest BCUT2D eigenvalue weighted by Crippen LogP contribution is 2.34. The zero-order valence-corrected chi connectivity index (χ0v) is 16.4. The van der Waals surface area contributed by atoms with Gasteiger partial charge in [0.15, 0.2) is 18.1 Å². The number of fused-ring (bicyclic) bond motifs is 1. The monoisotopic (exact) mass is 406 g/mol. The van der Waals surface area contributed by atoms with Crippen LogP contribution in [0.1, 0.15) is 10.4 Å². The molecule has 0 bridgehead atoms. The lowest BCUT2D eigenvalue weighted by molar-refractivity contribution is -0.120. The van der Waals surface area contributed by atoms with Crippen molar-refractivity contribution in [3.63, 3.8) is 0 Å². The minimum atomic E-state index is -0.181. The van der Waals surface area contributed by atoms with Crippen LogP contribution < -0.4 is 19.1 Å². The number of nitrogens with zero attached hydrogens (tertiary/aromatic N) is 2. The summed E-state index contributed by atoms with van der Waals surface area (Å²) >= 11 is 1.59. The van der Waals surface area contributed by atoms with E-state index in [0.717, 1.165) is 10.6 Å². The molecule has 1 aliphatic heterocycles. The van der Waals surface area contributed by atoms with Crippen LogP contribution in [0.4, 0.5) is 5.69 Å². The van der Waals surface area contributed by atoms with Gasteiger partial charge in [-0.15, -0.1) is 11.3 Å². The Bertz CT molecular complexity index is 1030. The standard InChI is InChI=1S/C22H18N2O4S/c23-13-16-3-6-18(7-4-16)28-15-22(25)24(14-19-2-1-11-29-19)17-5-8-20-21(12-17)27-10-9-26-20/h1-8,11-12H,9-10,14-15H2. The molecule has 3 aromatic rings. The number of carbonyl (C=O) groups is 1. The topological polar surface area (TPSA) is 71.8 Å². The van der Waals surface area contributed by atoms with E-state index in [4.69, 9.17) is 19.5 Å². The number of hydrogen-bond donors (Lipinski definition) is 0. The van der Waals surface area contributed by atoms with Gasteiger partial charge in [0.1, 0.15) is 19.0 Å². The number of carbonyl (C=O) groups excluding carboxylic acids is 1. The van der Waals surface area contributed by atoms with Crippen LogP contribution in [0.2, 0.25) is 0 Å². The Labute approximate surface area is 172 Å². The maximum Gasteiger partial charge on any atom is 0.265 e. The van der Waals surface area contributed by atoms with Crippen molar-refractivity contribution in [3.8, 4) is 23.3 Å². The van der Waals surface area contributed by atoms with Gasteiger partial charge >= 0.3 is 0 Å². The van der Waals surface area contributed by atoms with E-state index in [1.807, 2.05) is 35.7 Å². The van der Waals surface area contributed by atoms with Crippen molar-refractivity contribution in [2.75, 3.05) is 24.7 Å². The first-order valence-electron chi connectivity index (χ1n) is 9.08. The molecule has 0 fully saturated rings. The number of amides is 1. The van der Waals surface area contributed by atoms with Gasteiger partial charge in [-0.1, -0.05) is 6.07 Å². The van der Waals surface area contributed by atoms with Gasteiger partial charge in [0, 0.05) is 16.6 Å². The second-order valence-electron chi connectivity index (χ2n) is 6.31. The predicted molar refractivity (Wildman–Crippen MR) is 110 cm³/mol. The molecule has 4 rings (SSSR count). The SMILES string of the molecule is N#Cc1ccc(OCC(=O)N(Cc2cccs2)c2ccc3c(c2)OCCO3)cc1. The molecule has 0 spiro atoms. The van der Waals surface area contributed by atoms with Crippen molar-refractivity contribution >= 4 is 22.9 Å². The Morgan fingerprint density at radius 1 is 1.10 bits per heavy atom.